The maximum Gasteiger partial charge on any atom is 0.411 e. The number of aryl methyl sites for hydroxylation is 1. The van der Waals surface area contributed by atoms with Crippen molar-refractivity contribution < 1.29 is 33.4 Å². The summed E-state index contributed by atoms with van der Waals surface area (Å²) in [5.41, 5.74) is 4.89. The molecule has 0 spiro atoms. The number of carbonyl (C=O) groups is 2. The molecule has 3 aromatic carbocycles. The Morgan fingerprint density at radius 1 is 0.930 bits per heavy atom. The Kier molecular flexibility index (Phi) is 8.13. The number of aliphatic hydroxyl groups excluding tert-OH is 1. The van der Waals surface area contributed by atoms with E-state index in [-0.39, 0.29) is 18.6 Å². The van der Waals surface area contributed by atoms with E-state index in [0.717, 1.165) is 34.0 Å². The van der Waals surface area contributed by atoms with Crippen LogP contribution in [0.4, 0.5) is 16.2 Å². The summed E-state index contributed by atoms with van der Waals surface area (Å²) in [5.74, 6) is 0.386. The Labute approximate surface area is 252 Å². The van der Waals surface area contributed by atoms with Gasteiger partial charge in [-0.2, -0.15) is 0 Å². The second-order valence-electron chi connectivity index (χ2n) is 12.3. The third-order valence-electron chi connectivity index (χ3n) is 9.31. The Bertz CT molecular complexity index is 1470. The monoisotopic (exact) mass is 586 g/mol. The number of nitrogens with zero attached hydrogens (tertiary/aromatic N) is 1. The van der Waals surface area contributed by atoms with Crippen molar-refractivity contribution >= 4 is 23.4 Å². The van der Waals surface area contributed by atoms with Crippen molar-refractivity contribution in [1.82, 2.24) is 0 Å². The van der Waals surface area contributed by atoms with Gasteiger partial charge in [-0.15, -0.1) is 0 Å². The maximum atomic E-state index is 13.2. The van der Waals surface area contributed by atoms with Gasteiger partial charge in [0.15, 0.2) is 0 Å². The number of likely N-dealkylation sites (N-methyl/N-ethyl adjacent to an activating group) is 1. The molecule has 3 N–H and O–H groups in total. The first kappa shape index (κ1) is 29.2. The number of rotatable bonds is 10. The smallest absolute Gasteiger partial charge is 0.411 e. The number of fused-ring (bicyclic) bond motifs is 5. The number of morpholine rings is 1. The second-order valence-corrected chi connectivity index (χ2v) is 12.3. The highest BCUT2D eigenvalue weighted by Crippen LogP contribution is 2.51. The van der Waals surface area contributed by atoms with Crippen LogP contribution in [0.3, 0.4) is 0 Å². The number of amides is 2. The molecule has 3 aliphatic rings. The van der Waals surface area contributed by atoms with Crippen LogP contribution in [0, 0.1) is 0 Å². The lowest BCUT2D eigenvalue weighted by Gasteiger charge is -2.45. The first-order chi connectivity index (χ1) is 20.8. The maximum absolute atomic E-state index is 13.2. The van der Waals surface area contributed by atoms with E-state index in [1.165, 1.54) is 7.11 Å². The van der Waals surface area contributed by atoms with Crippen LogP contribution in [-0.4, -0.2) is 73.2 Å². The summed E-state index contributed by atoms with van der Waals surface area (Å²) in [5, 5.41) is 15.3. The van der Waals surface area contributed by atoms with E-state index in [4.69, 9.17) is 14.2 Å². The fourth-order valence-electron chi connectivity index (χ4n) is 6.91. The average Bonchev–Trinajstić information content (AvgIpc) is 3.77. The molecule has 0 saturated carbocycles. The summed E-state index contributed by atoms with van der Waals surface area (Å²) < 4.78 is 18.1. The molecule has 0 radical (unpaired) electrons. The summed E-state index contributed by atoms with van der Waals surface area (Å²) in [7, 11) is 6.05. The van der Waals surface area contributed by atoms with Gasteiger partial charge in [0.2, 0.25) is 5.91 Å². The zero-order chi connectivity index (χ0) is 30.1. The highest BCUT2D eigenvalue weighted by molar-refractivity contribution is 5.93. The molecule has 3 fully saturated rings. The molecule has 226 valence electrons. The fourth-order valence-corrected chi connectivity index (χ4v) is 6.91. The van der Waals surface area contributed by atoms with Crippen LogP contribution in [0.15, 0.2) is 66.7 Å². The Hall–Kier alpha value is -3.92. The van der Waals surface area contributed by atoms with Crippen LogP contribution < -0.4 is 15.4 Å². The number of hydrogen-bond donors (Lipinski definition) is 3. The van der Waals surface area contributed by atoms with Crippen LogP contribution in [-0.2, 0) is 27.3 Å². The van der Waals surface area contributed by atoms with Gasteiger partial charge < -0.3 is 29.1 Å². The van der Waals surface area contributed by atoms with Crippen LogP contribution in [0.5, 0.6) is 5.75 Å². The molecular weight excluding hydrogens is 546 g/mol. The first-order valence-electron chi connectivity index (χ1n) is 15.0. The van der Waals surface area contributed by atoms with E-state index >= 15 is 0 Å². The molecule has 0 aliphatic carbocycles. The van der Waals surface area contributed by atoms with Gasteiger partial charge in [0, 0.05) is 24.8 Å². The molecule has 9 heteroatoms. The molecule has 3 aliphatic heterocycles. The van der Waals surface area contributed by atoms with Crippen molar-refractivity contribution in [1.29, 1.82) is 0 Å². The Morgan fingerprint density at radius 2 is 1.65 bits per heavy atom. The second kappa shape index (κ2) is 12.0. The molecule has 9 nitrogen and oxygen atoms in total. The minimum atomic E-state index is -0.443. The molecule has 2 amide bonds. The van der Waals surface area contributed by atoms with Gasteiger partial charge in [0.25, 0.3) is 0 Å². The summed E-state index contributed by atoms with van der Waals surface area (Å²) >= 11 is 0. The number of hydrogen-bond acceptors (Lipinski definition) is 6. The van der Waals surface area contributed by atoms with Crippen molar-refractivity contribution in [3.63, 3.8) is 0 Å². The normalized spacial score (nSPS) is 24.5. The third-order valence-corrected chi connectivity index (χ3v) is 9.31. The molecule has 3 heterocycles. The topological polar surface area (TPSA) is 109 Å². The van der Waals surface area contributed by atoms with Crippen molar-refractivity contribution in [3.8, 4) is 16.9 Å². The van der Waals surface area contributed by atoms with Crippen LogP contribution >= 0.6 is 0 Å². The number of ether oxygens (including phenoxy) is 3. The molecule has 3 saturated heterocycles. The van der Waals surface area contributed by atoms with Crippen LogP contribution in [0.1, 0.15) is 36.8 Å². The number of carbonyl (C=O) groups excluding carboxylic acids is 2. The number of quaternary nitrogens is 1. The number of methoxy groups -OCH3 is 1. The molecule has 3 aromatic rings. The number of epoxide rings is 1. The van der Waals surface area contributed by atoms with Gasteiger partial charge in [-0.25, -0.2) is 4.79 Å². The predicted molar refractivity (Wildman–Crippen MR) is 164 cm³/mol. The molecule has 6 rings (SSSR count). The van der Waals surface area contributed by atoms with Crippen molar-refractivity contribution in [2.24, 2.45) is 0 Å². The number of nitrogens with one attached hydrogen (secondary N) is 2. The van der Waals surface area contributed by atoms with Gasteiger partial charge in [-0.3, -0.25) is 10.1 Å². The molecule has 1 unspecified atom stereocenters. The molecule has 0 aromatic heterocycles. The van der Waals surface area contributed by atoms with Gasteiger partial charge in [0.05, 0.1) is 39.2 Å². The number of anilines is 2. The van der Waals surface area contributed by atoms with Gasteiger partial charge >= 0.3 is 6.09 Å². The molecular formula is C34H40N3O6+. The van der Waals surface area contributed by atoms with E-state index in [1.54, 1.807) is 18.2 Å². The van der Waals surface area contributed by atoms with Crippen LogP contribution in [0.2, 0.25) is 0 Å². The van der Waals surface area contributed by atoms with Crippen molar-refractivity contribution in [2.75, 3.05) is 31.8 Å². The van der Waals surface area contributed by atoms with E-state index in [9.17, 15) is 14.7 Å². The van der Waals surface area contributed by atoms with Crippen LogP contribution in [0.25, 0.3) is 11.1 Å². The lowest BCUT2D eigenvalue weighted by Crippen LogP contribution is -2.60. The number of piperidine rings is 1. The Balaban J connectivity index is 1.09. The molecule has 2 bridgehead atoms. The molecule has 43 heavy (non-hydrogen) atoms. The first-order valence-corrected chi connectivity index (χ1v) is 15.0. The fraction of sp³-hybridized carbons (Fsp3) is 0.412. The van der Waals surface area contributed by atoms with E-state index in [0.29, 0.717) is 66.2 Å². The van der Waals surface area contributed by atoms with Gasteiger partial charge in [-0.1, -0.05) is 48.5 Å². The SMILES string of the molecule is COc1cc(CO)ccc1NC(=O)CCCc1ccc(-c2ccccc2)c(NC(=O)OC2C[C@@H]3[C@H]4O[C@H]4[C@H](C2)[N+]3(C)C)c1. The minimum absolute atomic E-state index is 0.0995. The van der Waals surface area contributed by atoms with Crippen molar-refractivity contribution in [2.45, 2.75) is 69.1 Å². The quantitative estimate of drug-likeness (QED) is 0.225. The lowest BCUT2D eigenvalue weighted by atomic mass is 9.96. The number of benzene rings is 3. The van der Waals surface area contributed by atoms with Crippen molar-refractivity contribution in [3.05, 3.63) is 77.9 Å². The third kappa shape index (κ3) is 6.11. The highest BCUT2D eigenvalue weighted by atomic mass is 16.6. The van der Waals surface area contributed by atoms with E-state index < -0.39 is 6.09 Å². The standard InChI is InChI=1S/C34H39N3O6/c1-37(2)28-18-24(19-29(37)33-32(28)43-33)42-34(40)36-27-16-21(12-14-25(27)23-9-5-4-6-10-23)8-7-11-31(39)35-26-15-13-22(20-38)17-30(26)41-3/h4-6,9-10,12-17,24,28-29,32-33,38H,7-8,11,18-20H2,1-3H3,(H-,35,36,39,40)/p+1/t24?,28-,29+,32-,33+. The Morgan fingerprint density at radius 3 is 2.35 bits per heavy atom. The minimum Gasteiger partial charge on any atom is -0.495 e. The number of aliphatic hydroxyl groups is 1. The molecule has 5 atom stereocenters. The summed E-state index contributed by atoms with van der Waals surface area (Å²) in [4.78, 5) is 25.9. The van der Waals surface area contributed by atoms with Gasteiger partial charge in [-0.05, 0) is 47.7 Å². The van der Waals surface area contributed by atoms with E-state index in [2.05, 4.69) is 24.7 Å². The lowest BCUT2D eigenvalue weighted by molar-refractivity contribution is -0.938. The average molecular weight is 587 g/mol. The van der Waals surface area contributed by atoms with E-state index in [1.807, 2.05) is 48.5 Å². The zero-order valence-electron chi connectivity index (χ0n) is 24.9. The largest absolute Gasteiger partial charge is 0.495 e. The summed E-state index contributed by atoms with van der Waals surface area (Å²) in [6.07, 6.45) is 3.25. The zero-order valence-corrected chi connectivity index (χ0v) is 24.9. The van der Waals surface area contributed by atoms with Gasteiger partial charge in [0.1, 0.15) is 36.1 Å². The summed E-state index contributed by atoms with van der Waals surface area (Å²) in [6.45, 7) is -0.0995. The highest BCUT2D eigenvalue weighted by Gasteiger charge is 2.70. The predicted octanol–water partition coefficient (Wildman–Crippen LogP) is 5.12. The summed E-state index contributed by atoms with van der Waals surface area (Å²) in [6, 6.07) is 21.9.